The molecule has 3 aromatic rings. The number of nitrogens with zero attached hydrogens (tertiary/aromatic N) is 4. The minimum absolute atomic E-state index is 0.0266. The third-order valence-corrected chi connectivity index (χ3v) is 7.60. The lowest BCUT2D eigenvalue weighted by atomic mass is 10.2. The number of benzene rings is 2. The number of carbonyl (C=O) groups excluding carboxylic acids is 2. The van der Waals surface area contributed by atoms with Gasteiger partial charge in [0.2, 0.25) is 21.8 Å². The van der Waals surface area contributed by atoms with Crippen molar-refractivity contribution in [2.75, 3.05) is 24.2 Å². The van der Waals surface area contributed by atoms with Crippen LogP contribution in [0.3, 0.4) is 0 Å². The summed E-state index contributed by atoms with van der Waals surface area (Å²) in [6.45, 7) is 1.91. The van der Waals surface area contributed by atoms with Crippen LogP contribution in [0.25, 0.3) is 11.4 Å². The Bertz CT molecular complexity index is 1320. The zero-order chi connectivity index (χ0) is 25.0. The van der Waals surface area contributed by atoms with E-state index in [1.807, 2.05) is 12.1 Å². The van der Waals surface area contributed by atoms with Crippen LogP contribution in [0, 0.1) is 0 Å². The van der Waals surface area contributed by atoms with E-state index < -0.39 is 15.9 Å². The fourth-order valence-corrected chi connectivity index (χ4v) is 5.11. The van der Waals surface area contributed by atoms with Gasteiger partial charge in [-0.2, -0.15) is 4.31 Å². The summed E-state index contributed by atoms with van der Waals surface area (Å²) in [6, 6.07) is 13.0. The van der Waals surface area contributed by atoms with Crippen LogP contribution in [0.5, 0.6) is 0 Å². The molecular weight excluding hydrogens is 468 g/mol. The van der Waals surface area contributed by atoms with Gasteiger partial charge in [-0.3, -0.25) is 9.59 Å². The average Bonchev–Trinajstić information content (AvgIpc) is 3.07. The van der Waals surface area contributed by atoms with Gasteiger partial charge < -0.3 is 15.2 Å². The van der Waals surface area contributed by atoms with Crippen molar-refractivity contribution in [2.24, 2.45) is 0 Å². The second-order valence-corrected chi connectivity index (χ2v) is 10.5. The fourth-order valence-electron chi connectivity index (χ4n) is 3.98. The lowest BCUT2D eigenvalue weighted by molar-refractivity contribution is -0.116. The first-order chi connectivity index (χ1) is 16.7. The van der Waals surface area contributed by atoms with E-state index >= 15 is 0 Å². The molecular formula is C24H28N6O4S. The number of amides is 2. The van der Waals surface area contributed by atoms with Gasteiger partial charge in [0.25, 0.3) is 0 Å². The minimum atomic E-state index is -3.88. The van der Waals surface area contributed by atoms with E-state index in [1.165, 1.54) is 44.7 Å². The maximum atomic E-state index is 12.8. The van der Waals surface area contributed by atoms with E-state index in [0.717, 1.165) is 47.3 Å². The van der Waals surface area contributed by atoms with Crippen molar-refractivity contribution in [3.63, 3.8) is 0 Å². The van der Waals surface area contributed by atoms with Gasteiger partial charge in [0.1, 0.15) is 5.82 Å². The molecule has 35 heavy (non-hydrogen) atoms. The number of aromatic nitrogens is 3. The van der Waals surface area contributed by atoms with Gasteiger partial charge in [0.15, 0.2) is 5.82 Å². The van der Waals surface area contributed by atoms with Crippen LogP contribution in [0.1, 0.15) is 32.0 Å². The molecule has 0 atom stereocenters. The second-order valence-electron chi connectivity index (χ2n) is 8.49. The van der Waals surface area contributed by atoms with Crippen LogP contribution < -0.4 is 10.6 Å². The zero-order valence-electron chi connectivity index (χ0n) is 19.7. The van der Waals surface area contributed by atoms with Gasteiger partial charge in [-0.1, -0.05) is 6.42 Å². The molecule has 1 aliphatic heterocycles. The first kappa shape index (κ1) is 24.6. The van der Waals surface area contributed by atoms with E-state index in [1.54, 1.807) is 12.1 Å². The number of likely N-dealkylation sites (N-methyl/N-ethyl adjacent to an activating group) is 1. The van der Waals surface area contributed by atoms with Crippen molar-refractivity contribution in [3.8, 4) is 11.4 Å². The van der Waals surface area contributed by atoms with Crippen molar-refractivity contribution < 1.29 is 18.0 Å². The highest BCUT2D eigenvalue weighted by molar-refractivity contribution is 7.89. The predicted molar refractivity (Wildman–Crippen MR) is 132 cm³/mol. The molecule has 0 radical (unpaired) electrons. The SMILES string of the molecule is CC(=O)Nc1ccc(S(=O)(=O)N(C)CC(=O)Nc2ccc(-c3nnc4n3CCCCC4)cc2)cc1. The van der Waals surface area contributed by atoms with Crippen LogP contribution in [0.15, 0.2) is 53.4 Å². The summed E-state index contributed by atoms with van der Waals surface area (Å²) in [5.74, 6) is 1.10. The largest absolute Gasteiger partial charge is 0.326 e. The number of hydrogen-bond donors (Lipinski definition) is 2. The van der Waals surface area contributed by atoms with Crippen LogP contribution in [-0.4, -0.2) is 52.9 Å². The van der Waals surface area contributed by atoms with E-state index in [4.69, 9.17) is 0 Å². The molecule has 10 nitrogen and oxygen atoms in total. The summed E-state index contributed by atoms with van der Waals surface area (Å²) in [5, 5.41) is 14.0. The van der Waals surface area contributed by atoms with Gasteiger partial charge in [-0.25, -0.2) is 8.42 Å². The van der Waals surface area contributed by atoms with E-state index in [-0.39, 0.29) is 17.3 Å². The van der Waals surface area contributed by atoms with Gasteiger partial charge in [0, 0.05) is 43.9 Å². The molecule has 0 saturated carbocycles. The summed E-state index contributed by atoms with van der Waals surface area (Å²) in [6.07, 6.45) is 4.33. The molecule has 0 saturated heterocycles. The molecule has 2 amide bonds. The molecule has 1 aliphatic rings. The quantitative estimate of drug-likeness (QED) is 0.518. The number of nitrogens with one attached hydrogen (secondary N) is 2. The molecule has 2 heterocycles. The monoisotopic (exact) mass is 496 g/mol. The Balaban J connectivity index is 1.38. The summed E-state index contributed by atoms with van der Waals surface area (Å²) in [7, 11) is -2.53. The molecule has 4 rings (SSSR count). The van der Waals surface area contributed by atoms with Crippen molar-refractivity contribution in [2.45, 2.75) is 44.0 Å². The number of sulfonamides is 1. The molecule has 0 unspecified atom stereocenters. The molecule has 0 bridgehead atoms. The smallest absolute Gasteiger partial charge is 0.243 e. The number of carbonyl (C=O) groups is 2. The van der Waals surface area contributed by atoms with Gasteiger partial charge in [-0.05, 0) is 61.4 Å². The minimum Gasteiger partial charge on any atom is -0.326 e. The normalized spacial score (nSPS) is 13.7. The molecule has 1 aromatic heterocycles. The lowest BCUT2D eigenvalue weighted by Crippen LogP contribution is -2.34. The molecule has 0 spiro atoms. The topological polar surface area (TPSA) is 126 Å². The zero-order valence-corrected chi connectivity index (χ0v) is 20.5. The highest BCUT2D eigenvalue weighted by Crippen LogP contribution is 2.24. The summed E-state index contributed by atoms with van der Waals surface area (Å²) >= 11 is 0. The Hall–Kier alpha value is -3.57. The highest BCUT2D eigenvalue weighted by atomic mass is 32.2. The Kier molecular flexibility index (Phi) is 7.27. The molecule has 0 aliphatic carbocycles. The van der Waals surface area contributed by atoms with Gasteiger partial charge >= 0.3 is 0 Å². The molecule has 2 aromatic carbocycles. The third kappa shape index (κ3) is 5.75. The standard InChI is InChI=1S/C24H28N6O4S/c1-17(31)25-19-11-13-21(14-12-19)35(33,34)29(2)16-23(32)26-20-9-7-18(8-10-20)24-28-27-22-6-4-3-5-15-30(22)24/h7-14H,3-6,15-16H2,1-2H3,(H,25,31)(H,26,32). The number of aryl methyl sites for hydroxylation is 1. The number of anilines is 2. The van der Waals surface area contributed by atoms with E-state index in [9.17, 15) is 18.0 Å². The van der Waals surface area contributed by atoms with Gasteiger partial charge in [0.05, 0.1) is 11.4 Å². The molecule has 2 N–H and O–H groups in total. The molecule has 11 heteroatoms. The lowest BCUT2D eigenvalue weighted by Gasteiger charge is -2.17. The van der Waals surface area contributed by atoms with Crippen molar-refractivity contribution in [1.82, 2.24) is 19.1 Å². The maximum Gasteiger partial charge on any atom is 0.243 e. The second kappa shape index (κ2) is 10.4. The Labute approximate surface area is 204 Å². The maximum absolute atomic E-state index is 12.8. The van der Waals surface area contributed by atoms with E-state index in [2.05, 4.69) is 25.4 Å². The Morgan fingerprint density at radius 2 is 1.60 bits per heavy atom. The summed E-state index contributed by atoms with van der Waals surface area (Å²) < 4.78 is 28.8. The number of fused-ring (bicyclic) bond motifs is 1. The van der Waals surface area contributed by atoms with Crippen LogP contribution in [0.2, 0.25) is 0 Å². The Morgan fingerprint density at radius 3 is 2.29 bits per heavy atom. The molecule has 184 valence electrons. The Morgan fingerprint density at radius 1 is 0.943 bits per heavy atom. The first-order valence-corrected chi connectivity index (χ1v) is 12.8. The first-order valence-electron chi connectivity index (χ1n) is 11.4. The van der Waals surface area contributed by atoms with Crippen molar-refractivity contribution in [3.05, 3.63) is 54.4 Å². The third-order valence-electron chi connectivity index (χ3n) is 5.79. The van der Waals surface area contributed by atoms with Crippen molar-refractivity contribution in [1.29, 1.82) is 0 Å². The number of hydrogen-bond acceptors (Lipinski definition) is 6. The van der Waals surface area contributed by atoms with Gasteiger partial charge in [-0.15, -0.1) is 10.2 Å². The summed E-state index contributed by atoms with van der Waals surface area (Å²) in [5.41, 5.74) is 1.95. The fraction of sp³-hybridized carbons (Fsp3) is 0.333. The average molecular weight is 497 g/mol. The van der Waals surface area contributed by atoms with Crippen LogP contribution in [-0.2, 0) is 32.6 Å². The molecule has 0 fully saturated rings. The highest BCUT2D eigenvalue weighted by Gasteiger charge is 2.23. The number of rotatable bonds is 7. The summed E-state index contributed by atoms with van der Waals surface area (Å²) in [4.78, 5) is 23.7. The van der Waals surface area contributed by atoms with Crippen LogP contribution in [0.4, 0.5) is 11.4 Å². The van der Waals surface area contributed by atoms with Crippen LogP contribution >= 0.6 is 0 Å². The predicted octanol–water partition coefficient (Wildman–Crippen LogP) is 2.89. The van der Waals surface area contributed by atoms with E-state index in [0.29, 0.717) is 11.4 Å². The van der Waals surface area contributed by atoms with Crippen molar-refractivity contribution >= 4 is 33.2 Å².